The molecule has 138 valence electrons. The Morgan fingerprint density at radius 1 is 0.880 bits per heavy atom. The van der Waals surface area contributed by atoms with Crippen LogP contribution in [-0.4, -0.2) is 13.0 Å². The molecule has 4 nitrogen and oxygen atoms in total. The van der Waals surface area contributed by atoms with E-state index < -0.39 is 10.1 Å². The average Bonchev–Trinajstić information content (AvgIpc) is 2.59. The Hall–Kier alpha value is -1.72. The van der Waals surface area contributed by atoms with Crippen LogP contribution in [0.3, 0.4) is 0 Å². The number of hydrogen-bond acceptors (Lipinski definition) is 2. The summed E-state index contributed by atoms with van der Waals surface area (Å²) in [4.78, 5) is -0.0666. The van der Waals surface area contributed by atoms with E-state index in [0.717, 1.165) is 5.56 Å². The molecule has 25 heavy (non-hydrogen) atoms. The normalized spacial score (nSPS) is 10.8. The lowest BCUT2D eigenvalue weighted by Gasteiger charge is -1.98. The van der Waals surface area contributed by atoms with Gasteiger partial charge in [0.1, 0.15) is 6.54 Å². The lowest BCUT2D eigenvalue weighted by Crippen LogP contribution is -2.32. The van der Waals surface area contributed by atoms with Gasteiger partial charge in [-0.3, -0.25) is 4.55 Å². The maximum absolute atomic E-state index is 10.5. The van der Waals surface area contributed by atoms with E-state index in [0.29, 0.717) is 0 Å². The Balaban J connectivity index is 0.000000257. The van der Waals surface area contributed by atoms with Gasteiger partial charge in [0, 0.05) is 18.6 Å². The molecule has 1 aromatic carbocycles. The van der Waals surface area contributed by atoms with Gasteiger partial charge in [-0.15, -0.1) is 0 Å². The van der Waals surface area contributed by atoms with Gasteiger partial charge < -0.3 is 0 Å². The van der Waals surface area contributed by atoms with Gasteiger partial charge in [-0.25, -0.2) is 4.57 Å². The highest BCUT2D eigenvalue weighted by molar-refractivity contribution is 7.85. The van der Waals surface area contributed by atoms with Crippen molar-refractivity contribution in [1.29, 1.82) is 0 Å². The van der Waals surface area contributed by atoms with Gasteiger partial charge in [0.15, 0.2) is 12.4 Å². The SMILES string of the molecule is CCCCCCCC[n+]1ccccc1.Cc1ccc(S(=O)(=O)O)cc1. The molecule has 0 atom stereocenters. The zero-order chi connectivity index (χ0) is 18.5. The largest absolute Gasteiger partial charge is 0.294 e. The molecule has 0 saturated carbocycles. The van der Waals surface area contributed by atoms with Crippen molar-refractivity contribution in [2.45, 2.75) is 63.8 Å². The fraction of sp³-hybridized carbons (Fsp3) is 0.450. The Kier molecular flexibility index (Phi) is 10.0. The summed E-state index contributed by atoms with van der Waals surface area (Å²) in [5.41, 5.74) is 0.956. The number of hydrogen-bond donors (Lipinski definition) is 1. The van der Waals surface area contributed by atoms with Crippen LogP contribution >= 0.6 is 0 Å². The van der Waals surface area contributed by atoms with Gasteiger partial charge >= 0.3 is 0 Å². The van der Waals surface area contributed by atoms with Crippen molar-refractivity contribution in [1.82, 2.24) is 0 Å². The van der Waals surface area contributed by atoms with Gasteiger partial charge in [0.05, 0.1) is 4.90 Å². The maximum Gasteiger partial charge on any atom is 0.294 e. The van der Waals surface area contributed by atoms with Crippen molar-refractivity contribution < 1.29 is 17.5 Å². The van der Waals surface area contributed by atoms with Crippen molar-refractivity contribution in [3.8, 4) is 0 Å². The van der Waals surface area contributed by atoms with Gasteiger partial charge in [0.2, 0.25) is 0 Å². The molecule has 2 rings (SSSR count). The fourth-order valence-electron chi connectivity index (χ4n) is 2.37. The third-order valence-electron chi connectivity index (χ3n) is 3.87. The minimum atomic E-state index is -4.02. The number of aromatic nitrogens is 1. The summed E-state index contributed by atoms with van der Waals surface area (Å²) >= 11 is 0. The van der Waals surface area contributed by atoms with Gasteiger partial charge in [-0.1, -0.05) is 56.4 Å². The molecule has 0 aliphatic rings. The third kappa shape index (κ3) is 9.99. The number of rotatable bonds is 8. The number of pyridine rings is 1. The van der Waals surface area contributed by atoms with Crippen molar-refractivity contribution in [2.24, 2.45) is 0 Å². The van der Waals surface area contributed by atoms with Gasteiger partial charge in [0.25, 0.3) is 10.1 Å². The molecule has 0 radical (unpaired) electrons. The van der Waals surface area contributed by atoms with E-state index in [4.69, 9.17) is 4.55 Å². The van der Waals surface area contributed by atoms with E-state index in [1.807, 2.05) is 6.92 Å². The number of nitrogens with zero attached hydrogens (tertiary/aromatic N) is 1. The fourth-order valence-corrected chi connectivity index (χ4v) is 2.85. The molecule has 1 N–H and O–H groups in total. The second-order valence-electron chi connectivity index (χ2n) is 6.17. The average molecular weight is 365 g/mol. The summed E-state index contributed by atoms with van der Waals surface area (Å²) in [6.07, 6.45) is 12.5. The third-order valence-corrected chi connectivity index (χ3v) is 4.73. The van der Waals surface area contributed by atoms with E-state index in [-0.39, 0.29) is 4.90 Å². The number of aryl methyl sites for hydroxylation is 2. The minimum absolute atomic E-state index is 0.0666. The Labute approximate surface area is 152 Å². The molecule has 5 heteroatoms. The lowest BCUT2D eigenvalue weighted by atomic mass is 10.1. The highest BCUT2D eigenvalue weighted by Crippen LogP contribution is 2.08. The van der Waals surface area contributed by atoms with Crippen LogP contribution < -0.4 is 4.57 Å². The van der Waals surface area contributed by atoms with E-state index in [1.165, 1.54) is 57.2 Å². The maximum atomic E-state index is 10.5. The molecule has 1 heterocycles. The minimum Gasteiger partial charge on any atom is -0.282 e. The van der Waals surface area contributed by atoms with Crippen LogP contribution in [0.25, 0.3) is 0 Å². The van der Waals surface area contributed by atoms with Gasteiger partial charge in [-0.2, -0.15) is 8.42 Å². The summed E-state index contributed by atoms with van der Waals surface area (Å²) in [6.45, 7) is 5.28. The first-order valence-electron chi connectivity index (χ1n) is 8.91. The quantitative estimate of drug-likeness (QED) is 0.424. The van der Waals surface area contributed by atoms with Crippen LogP contribution in [0.15, 0.2) is 59.8 Å². The van der Waals surface area contributed by atoms with E-state index in [1.54, 1.807) is 12.1 Å². The molecule has 2 aromatic rings. The van der Waals surface area contributed by atoms with Crippen LogP contribution in [0.5, 0.6) is 0 Å². The van der Waals surface area contributed by atoms with Gasteiger partial charge in [-0.05, 0) is 25.5 Å². The molecule has 0 bridgehead atoms. The zero-order valence-corrected chi connectivity index (χ0v) is 16.1. The molecule has 0 unspecified atom stereocenters. The topological polar surface area (TPSA) is 58.2 Å². The summed E-state index contributed by atoms with van der Waals surface area (Å²) in [6, 6.07) is 12.2. The molecule has 0 amide bonds. The predicted octanol–water partition coefficient (Wildman–Crippen LogP) is 4.58. The van der Waals surface area contributed by atoms with Crippen LogP contribution in [0.1, 0.15) is 51.0 Å². The van der Waals surface area contributed by atoms with Crippen molar-refractivity contribution >= 4 is 10.1 Å². The second-order valence-corrected chi connectivity index (χ2v) is 7.59. The first kappa shape index (κ1) is 21.3. The number of benzene rings is 1. The van der Waals surface area contributed by atoms with Crippen LogP contribution in [0.2, 0.25) is 0 Å². The number of unbranched alkanes of at least 4 members (excludes halogenated alkanes) is 5. The first-order valence-corrected chi connectivity index (χ1v) is 10.4. The van der Waals surface area contributed by atoms with E-state index >= 15 is 0 Å². The monoisotopic (exact) mass is 364 g/mol. The van der Waals surface area contributed by atoms with Crippen LogP contribution in [-0.2, 0) is 16.7 Å². The van der Waals surface area contributed by atoms with Crippen LogP contribution in [0, 0.1) is 6.92 Å². The van der Waals surface area contributed by atoms with E-state index in [2.05, 4.69) is 42.1 Å². The molecular weight excluding hydrogens is 334 g/mol. The summed E-state index contributed by atoms with van der Waals surface area (Å²) in [5.74, 6) is 0. The standard InChI is InChI=1S/C13H22N.C7H8O3S/c1-2-3-4-5-6-8-11-14-12-9-7-10-13-14;1-6-2-4-7(5-3-6)11(8,9)10/h7,9-10,12-13H,2-6,8,11H2,1H3;2-5H,1H3,(H,8,9,10)/q+1;. The first-order chi connectivity index (χ1) is 11.9. The molecule has 0 aliphatic carbocycles. The highest BCUT2D eigenvalue weighted by Gasteiger charge is 2.06. The molecule has 1 aromatic heterocycles. The van der Waals surface area contributed by atoms with Crippen molar-refractivity contribution in [3.63, 3.8) is 0 Å². The predicted molar refractivity (Wildman–Crippen MR) is 101 cm³/mol. The Bertz CT molecular complexity index is 683. The summed E-state index contributed by atoms with van der Waals surface area (Å²) in [7, 11) is -4.02. The van der Waals surface area contributed by atoms with Crippen molar-refractivity contribution in [3.05, 3.63) is 60.4 Å². The second kappa shape index (κ2) is 11.8. The summed E-state index contributed by atoms with van der Waals surface area (Å²) in [5, 5.41) is 0. The Morgan fingerprint density at radius 3 is 2.00 bits per heavy atom. The smallest absolute Gasteiger partial charge is 0.282 e. The van der Waals surface area contributed by atoms with E-state index in [9.17, 15) is 8.42 Å². The highest BCUT2D eigenvalue weighted by atomic mass is 32.2. The van der Waals surface area contributed by atoms with Crippen molar-refractivity contribution in [2.75, 3.05) is 0 Å². The van der Waals surface area contributed by atoms with Crippen LogP contribution in [0.4, 0.5) is 0 Å². The lowest BCUT2D eigenvalue weighted by molar-refractivity contribution is -0.697. The molecule has 0 saturated heterocycles. The zero-order valence-electron chi connectivity index (χ0n) is 15.3. The molecule has 0 aliphatic heterocycles. The Morgan fingerprint density at radius 2 is 1.44 bits per heavy atom. The molecule has 0 spiro atoms. The summed E-state index contributed by atoms with van der Waals surface area (Å²) < 4.78 is 31.8. The molecular formula is C20H30NO3S+. The molecule has 0 fully saturated rings.